The third kappa shape index (κ3) is 4.08. The Morgan fingerprint density at radius 1 is 1.46 bits per heavy atom. The highest BCUT2D eigenvalue weighted by Gasteiger charge is 2.17. The van der Waals surface area contributed by atoms with E-state index in [1.165, 1.54) is 12.2 Å². The van der Waals surface area contributed by atoms with Crippen molar-refractivity contribution in [2.24, 2.45) is 0 Å². The molecule has 3 nitrogen and oxygen atoms in total. The van der Waals surface area contributed by atoms with E-state index in [2.05, 4.69) is 0 Å². The van der Waals surface area contributed by atoms with Gasteiger partial charge < -0.3 is 9.42 Å². The first-order chi connectivity index (χ1) is 6.14. The van der Waals surface area contributed by atoms with Gasteiger partial charge in [-0.25, -0.2) is 0 Å². The van der Waals surface area contributed by atoms with Crippen LogP contribution in [0.3, 0.4) is 0 Å². The Balaban J connectivity index is 2.56. The van der Waals surface area contributed by atoms with E-state index >= 15 is 0 Å². The second-order valence-corrected chi connectivity index (χ2v) is 4.97. The van der Waals surface area contributed by atoms with Gasteiger partial charge in [0, 0.05) is 5.82 Å². The van der Waals surface area contributed by atoms with Crippen LogP contribution >= 0.6 is 7.60 Å². The van der Waals surface area contributed by atoms with Gasteiger partial charge in [-0.1, -0.05) is 12.0 Å². The molecule has 0 heterocycles. The molecule has 0 amide bonds. The molecule has 4 heteroatoms. The second-order valence-electron chi connectivity index (χ2n) is 3.33. The lowest BCUT2D eigenvalue weighted by molar-refractivity contribution is 0.282. The molecule has 0 aromatic carbocycles. The lowest BCUT2D eigenvalue weighted by atomic mass is 9.96. The normalized spacial score (nSPS) is 22.5. The first kappa shape index (κ1) is 11.0. The zero-order valence-electron chi connectivity index (χ0n) is 8.03. The maximum absolute atomic E-state index is 11.3. The minimum atomic E-state index is -3.42. The Labute approximate surface area is 79.3 Å². The van der Waals surface area contributed by atoms with Crippen molar-refractivity contribution in [3.63, 3.8) is 0 Å². The maximum Gasteiger partial charge on any atom is 0.351 e. The molecule has 76 valence electrons. The molecule has 0 aromatic rings. The predicted molar refractivity (Wildman–Crippen MR) is 52.6 cm³/mol. The average Bonchev–Trinajstić information content (AvgIpc) is 2.04. The fourth-order valence-electron chi connectivity index (χ4n) is 1.59. The highest BCUT2D eigenvalue weighted by Crippen LogP contribution is 2.46. The van der Waals surface area contributed by atoms with Crippen molar-refractivity contribution in [2.45, 2.75) is 39.0 Å². The van der Waals surface area contributed by atoms with E-state index in [1.54, 1.807) is 6.92 Å². The van der Waals surface area contributed by atoms with Gasteiger partial charge in [0.15, 0.2) is 0 Å². The van der Waals surface area contributed by atoms with E-state index in [0.717, 1.165) is 31.3 Å². The molecular formula is C9H17O3P. The van der Waals surface area contributed by atoms with E-state index in [-0.39, 0.29) is 6.61 Å². The quantitative estimate of drug-likeness (QED) is 0.718. The van der Waals surface area contributed by atoms with Gasteiger partial charge in [0.05, 0.1) is 6.61 Å². The van der Waals surface area contributed by atoms with Gasteiger partial charge in [0.25, 0.3) is 0 Å². The second kappa shape index (κ2) is 4.94. The van der Waals surface area contributed by atoms with E-state index in [0.29, 0.717) is 0 Å². The average molecular weight is 204 g/mol. The SMILES string of the molecule is CCOP(=O)(O)C=C1CCCCC1. The number of hydrogen-bond acceptors (Lipinski definition) is 2. The molecule has 1 saturated carbocycles. The number of hydrogen-bond donors (Lipinski definition) is 1. The Hall–Kier alpha value is -0.110. The van der Waals surface area contributed by atoms with Gasteiger partial charge in [-0.15, -0.1) is 0 Å². The van der Waals surface area contributed by atoms with Crippen molar-refractivity contribution in [1.29, 1.82) is 0 Å². The summed E-state index contributed by atoms with van der Waals surface area (Å²) in [6.45, 7) is 2.01. The largest absolute Gasteiger partial charge is 0.351 e. The van der Waals surface area contributed by atoms with Gasteiger partial charge in [-0.3, -0.25) is 4.57 Å². The van der Waals surface area contributed by atoms with Gasteiger partial charge in [0.1, 0.15) is 0 Å². The van der Waals surface area contributed by atoms with Crippen LogP contribution in [0.4, 0.5) is 0 Å². The highest BCUT2D eigenvalue weighted by atomic mass is 31.2. The minimum absolute atomic E-state index is 0.289. The molecule has 1 rings (SSSR count). The van der Waals surface area contributed by atoms with Crippen molar-refractivity contribution in [2.75, 3.05) is 6.61 Å². The summed E-state index contributed by atoms with van der Waals surface area (Å²) in [5.74, 6) is 1.44. The van der Waals surface area contributed by atoms with E-state index in [1.807, 2.05) is 0 Å². The van der Waals surface area contributed by atoms with Crippen molar-refractivity contribution in [1.82, 2.24) is 0 Å². The van der Waals surface area contributed by atoms with E-state index < -0.39 is 7.60 Å². The molecular weight excluding hydrogens is 187 g/mol. The van der Waals surface area contributed by atoms with Crippen LogP contribution in [-0.2, 0) is 9.09 Å². The van der Waals surface area contributed by atoms with Crippen LogP contribution in [0, 0.1) is 0 Å². The summed E-state index contributed by atoms with van der Waals surface area (Å²) in [6.07, 6.45) is 5.42. The lowest BCUT2D eigenvalue weighted by Gasteiger charge is -2.15. The molecule has 1 aliphatic rings. The summed E-state index contributed by atoms with van der Waals surface area (Å²) < 4.78 is 16.1. The zero-order chi connectivity index (χ0) is 9.73. The van der Waals surface area contributed by atoms with Gasteiger partial charge in [-0.2, -0.15) is 0 Å². The summed E-state index contributed by atoms with van der Waals surface area (Å²) in [5, 5.41) is 0. The van der Waals surface area contributed by atoms with Crippen molar-refractivity contribution < 1.29 is 14.0 Å². The summed E-state index contributed by atoms with van der Waals surface area (Å²) in [4.78, 5) is 9.32. The van der Waals surface area contributed by atoms with Crippen LogP contribution in [0.15, 0.2) is 11.4 Å². The van der Waals surface area contributed by atoms with Crippen molar-refractivity contribution >= 4 is 7.60 Å². The van der Waals surface area contributed by atoms with Crippen LogP contribution < -0.4 is 0 Å². The topological polar surface area (TPSA) is 46.5 Å². The molecule has 1 aliphatic carbocycles. The predicted octanol–water partition coefficient (Wildman–Crippen LogP) is 3.06. The first-order valence-electron chi connectivity index (χ1n) is 4.81. The zero-order valence-corrected chi connectivity index (χ0v) is 8.93. The third-order valence-corrected chi connectivity index (χ3v) is 3.48. The molecule has 1 atom stereocenters. The van der Waals surface area contributed by atoms with Crippen LogP contribution in [-0.4, -0.2) is 11.5 Å². The molecule has 1 N–H and O–H groups in total. The molecule has 13 heavy (non-hydrogen) atoms. The maximum atomic E-state index is 11.3. The monoisotopic (exact) mass is 204 g/mol. The molecule has 1 fully saturated rings. The summed E-state index contributed by atoms with van der Waals surface area (Å²) in [6, 6.07) is 0. The molecule has 0 aliphatic heterocycles. The summed E-state index contributed by atoms with van der Waals surface area (Å²) in [5.41, 5.74) is 1.09. The molecule has 0 aromatic heterocycles. The van der Waals surface area contributed by atoms with Crippen molar-refractivity contribution in [3.8, 4) is 0 Å². The summed E-state index contributed by atoms with van der Waals surface area (Å²) >= 11 is 0. The van der Waals surface area contributed by atoms with Crippen LogP contribution in [0.25, 0.3) is 0 Å². The molecule has 1 unspecified atom stereocenters. The summed E-state index contributed by atoms with van der Waals surface area (Å²) in [7, 11) is -3.42. The van der Waals surface area contributed by atoms with Gasteiger partial charge in [-0.05, 0) is 32.6 Å². The Kier molecular flexibility index (Phi) is 4.17. The van der Waals surface area contributed by atoms with Crippen LogP contribution in [0.2, 0.25) is 0 Å². The molecule has 0 bridgehead atoms. The Morgan fingerprint density at radius 2 is 2.08 bits per heavy atom. The fraction of sp³-hybridized carbons (Fsp3) is 0.778. The minimum Gasteiger partial charge on any atom is -0.321 e. The number of rotatable bonds is 3. The lowest BCUT2D eigenvalue weighted by Crippen LogP contribution is -1.95. The molecule has 0 saturated heterocycles. The Bertz CT molecular complexity index is 227. The van der Waals surface area contributed by atoms with Crippen molar-refractivity contribution in [3.05, 3.63) is 11.4 Å². The van der Waals surface area contributed by atoms with Gasteiger partial charge in [0.2, 0.25) is 0 Å². The first-order valence-corrected chi connectivity index (χ1v) is 6.46. The van der Waals surface area contributed by atoms with E-state index in [4.69, 9.17) is 4.52 Å². The van der Waals surface area contributed by atoms with Crippen LogP contribution in [0.1, 0.15) is 39.0 Å². The number of allylic oxidation sites excluding steroid dienone is 1. The highest BCUT2D eigenvalue weighted by molar-refractivity contribution is 7.56. The van der Waals surface area contributed by atoms with E-state index in [9.17, 15) is 9.46 Å². The van der Waals surface area contributed by atoms with Gasteiger partial charge >= 0.3 is 7.60 Å². The third-order valence-electron chi connectivity index (χ3n) is 2.16. The Morgan fingerprint density at radius 3 is 2.62 bits per heavy atom. The fourth-order valence-corrected chi connectivity index (χ4v) is 2.75. The standard InChI is InChI=1S/C9H17O3P/c1-2-12-13(10,11)8-9-6-4-3-5-7-9/h8H,2-7H2,1H3,(H,10,11). The molecule has 0 spiro atoms. The van der Waals surface area contributed by atoms with Crippen LogP contribution in [0.5, 0.6) is 0 Å². The molecule has 0 radical (unpaired) electrons. The smallest absolute Gasteiger partial charge is 0.321 e.